The molecule has 1 heterocycles. The molecule has 0 N–H and O–H groups in total. The normalized spacial score (nSPS) is 27.0. The van der Waals surface area contributed by atoms with E-state index in [1.54, 1.807) is 5.57 Å². The number of allylic oxidation sites excluding steroid dienone is 3. The van der Waals surface area contributed by atoms with Crippen molar-refractivity contribution in [3.63, 3.8) is 0 Å². The van der Waals surface area contributed by atoms with Crippen LogP contribution in [0.15, 0.2) is 23.5 Å². The molecular weight excluding hydrogens is 220 g/mol. The maximum absolute atomic E-state index is 5.81. The molecule has 1 heteroatoms. The monoisotopic (exact) mass is 248 g/mol. The average molecular weight is 248 g/mol. The Hall–Kier alpha value is -0.720. The Balaban J connectivity index is 1.99. The molecule has 1 nitrogen and oxygen atoms in total. The van der Waals surface area contributed by atoms with Crippen molar-refractivity contribution in [3.8, 4) is 0 Å². The predicted molar refractivity (Wildman–Crippen MR) is 77.3 cm³/mol. The number of hydrogen-bond donors (Lipinski definition) is 0. The van der Waals surface area contributed by atoms with Crippen LogP contribution >= 0.6 is 0 Å². The molecule has 102 valence electrons. The van der Waals surface area contributed by atoms with Crippen LogP contribution < -0.4 is 0 Å². The molecule has 0 bridgehead atoms. The first-order valence-corrected chi connectivity index (χ1v) is 7.50. The van der Waals surface area contributed by atoms with Gasteiger partial charge in [-0.3, -0.25) is 0 Å². The van der Waals surface area contributed by atoms with Crippen molar-refractivity contribution < 1.29 is 4.74 Å². The van der Waals surface area contributed by atoms with Crippen molar-refractivity contribution in [1.82, 2.24) is 0 Å². The van der Waals surface area contributed by atoms with Gasteiger partial charge in [-0.05, 0) is 49.5 Å². The smallest absolute Gasteiger partial charge is 0.0988 e. The van der Waals surface area contributed by atoms with E-state index >= 15 is 0 Å². The molecule has 0 aromatic carbocycles. The topological polar surface area (TPSA) is 9.23 Å². The van der Waals surface area contributed by atoms with Crippen LogP contribution in [0.3, 0.4) is 0 Å². The highest BCUT2D eigenvalue weighted by Crippen LogP contribution is 2.40. The van der Waals surface area contributed by atoms with Crippen LogP contribution in [0, 0.1) is 17.3 Å². The van der Waals surface area contributed by atoms with Gasteiger partial charge in [0.2, 0.25) is 0 Å². The second kappa shape index (κ2) is 5.50. The zero-order valence-corrected chi connectivity index (χ0v) is 12.5. The van der Waals surface area contributed by atoms with Gasteiger partial charge in [0.25, 0.3) is 0 Å². The molecule has 2 atom stereocenters. The maximum Gasteiger partial charge on any atom is 0.0988 e. The molecule has 2 rings (SSSR count). The SMILES string of the molecule is CC(C1=CCC(C(C)(C)C)CC1)C1=CCCCO1. The van der Waals surface area contributed by atoms with Crippen molar-refractivity contribution in [2.45, 2.75) is 59.8 Å². The molecule has 2 aliphatic rings. The van der Waals surface area contributed by atoms with Crippen LogP contribution in [-0.4, -0.2) is 6.61 Å². The van der Waals surface area contributed by atoms with Gasteiger partial charge in [0.15, 0.2) is 0 Å². The van der Waals surface area contributed by atoms with E-state index in [9.17, 15) is 0 Å². The molecule has 1 aliphatic heterocycles. The van der Waals surface area contributed by atoms with E-state index in [-0.39, 0.29) is 0 Å². The molecule has 0 amide bonds. The lowest BCUT2D eigenvalue weighted by Gasteiger charge is -2.35. The maximum atomic E-state index is 5.81. The van der Waals surface area contributed by atoms with Gasteiger partial charge in [0, 0.05) is 5.92 Å². The molecule has 18 heavy (non-hydrogen) atoms. The van der Waals surface area contributed by atoms with Gasteiger partial charge < -0.3 is 4.74 Å². The van der Waals surface area contributed by atoms with Crippen LogP contribution in [0.1, 0.15) is 59.8 Å². The average Bonchev–Trinajstić information content (AvgIpc) is 2.38. The molecular formula is C17H28O. The summed E-state index contributed by atoms with van der Waals surface area (Å²) in [6.45, 7) is 10.3. The lowest BCUT2D eigenvalue weighted by molar-refractivity contribution is 0.166. The Morgan fingerprint density at radius 3 is 2.56 bits per heavy atom. The molecule has 0 saturated heterocycles. The van der Waals surface area contributed by atoms with Crippen LogP contribution in [0.4, 0.5) is 0 Å². The summed E-state index contributed by atoms with van der Waals surface area (Å²) in [5.41, 5.74) is 2.05. The Morgan fingerprint density at radius 2 is 2.06 bits per heavy atom. The van der Waals surface area contributed by atoms with Crippen molar-refractivity contribution in [2.24, 2.45) is 17.3 Å². The lowest BCUT2D eigenvalue weighted by atomic mass is 9.71. The van der Waals surface area contributed by atoms with Crippen molar-refractivity contribution in [1.29, 1.82) is 0 Å². The van der Waals surface area contributed by atoms with Gasteiger partial charge in [-0.25, -0.2) is 0 Å². The van der Waals surface area contributed by atoms with Crippen molar-refractivity contribution in [2.75, 3.05) is 6.61 Å². The second-order valence-electron chi connectivity index (χ2n) is 6.94. The number of rotatable bonds is 2. The summed E-state index contributed by atoms with van der Waals surface area (Å²) < 4.78 is 5.81. The predicted octanol–water partition coefficient (Wildman–Crippen LogP) is 5.09. The van der Waals surface area contributed by atoms with E-state index in [1.165, 1.54) is 37.9 Å². The van der Waals surface area contributed by atoms with E-state index < -0.39 is 0 Å². The molecule has 1 aliphatic carbocycles. The van der Waals surface area contributed by atoms with Crippen molar-refractivity contribution >= 4 is 0 Å². The van der Waals surface area contributed by atoms with Crippen LogP contribution in [0.2, 0.25) is 0 Å². The van der Waals surface area contributed by atoms with Gasteiger partial charge in [-0.1, -0.05) is 39.3 Å². The number of hydrogen-bond acceptors (Lipinski definition) is 1. The van der Waals surface area contributed by atoms with Gasteiger partial charge >= 0.3 is 0 Å². The zero-order chi connectivity index (χ0) is 13.2. The van der Waals surface area contributed by atoms with Crippen LogP contribution in [0.25, 0.3) is 0 Å². The Kier molecular flexibility index (Phi) is 4.19. The fraction of sp³-hybridized carbons (Fsp3) is 0.765. The highest BCUT2D eigenvalue weighted by atomic mass is 16.5. The van der Waals surface area contributed by atoms with E-state index in [0.717, 1.165) is 12.5 Å². The highest BCUT2D eigenvalue weighted by molar-refractivity contribution is 5.19. The number of ether oxygens (including phenoxy) is 1. The highest BCUT2D eigenvalue weighted by Gasteiger charge is 2.28. The molecule has 0 aromatic rings. The molecule has 0 radical (unpaired) electrons. The first-order chi connectivity index (χ1) is 8.48. The first kappa shape index (κ1) is 13.7. The summed E-state index contributed by atoms with van der Waals surface area (Å²) in [4.78, 5) is 0. The van der Waals surface area contributed by atoms with Gasteiger partial charge in [-0.2, -0.15) is 0 Å². The summed E-state index contributed by atoms with van der Waals surface area (Å²) in [6, 6.07) is 0. The summed E-state index contributed by atoms with van der Waals surface area (Å²) >= 11 is 0. The van der Waals surface area contributed by atoms with E-state index in [1.807, 2.05) is 0 Å². The quantitative estimate of drug-likeness (QED) is 0.618. The molecule has 0 aromatic heterocycles. The van der Waals surface area contributed by atoms with Gasteiger partial charge in [0.05, 0.1) is 12.4 Å². The largest absolute Gasteiger partial charge is 0.498 e. The minimum Gasteiger partial charge on any atom is -0.498 e. The molecule has 0 fully saturated rings. The summed E-state index contributed by atoms with van der Waals surface area (Å²) in [5, 5.41) is 0. The minimum absolute atomic E-state index is 0.450. The van der Waals surface area contributed by atoms with Gasteiger partial charge in [0.1, 0.15) is 0 Å². The van der Waals surface area contributed by atoms with E-state index in [0.29, 0.717) is 11.3 Å². The second-order valence-corrected chi connectivity index (χ2v) is 6.94. The van der Waals surface area contributed by atoms with E-state index in [2.05, 4.69) is 39.8 Å². The van der Waals surface area contributed by atoms with Crippen molar-refractivity contribution in [3.05, 3.63) is 23.5 Å². The standard InChI is InChI=1S/C17H28O/c1-13(16-7-5-6-12-18-16)14-8-10-15(11-9-14)17(2,3)4/h7-8,13,15H,5-6,9-12H2,1-4H3. The Bertz CT molecular complexity index is 343. The fourth-order valence-corrected chi connectivity index (χ4v) is 3.10. The zero-order valence-electron chi connectivity index (χ0n) is 12.5. The summed E-state index contributed by atoms with van der Waals surface area (Å²) in [5.74, 6) is 2.57. The molecule has 2 unspecified atom stereocenters. The van der Waals surface area contributed by atoms with Crippen LogP contribution in [-0.2, 0) is 4.74 Å². The minimum atomic E-state index is 0.450. The third-order valence-corrected chi connectivity index (χ3v) is 4.62. The third-order valence-electron chi connectivity index (χ3n) is 4.62. The molecule has 0 spiro atoms. The summed E-state index contributed by atoms with van der Waals surface area (Å²) in [7, 11) is 0. The van der Waals surface area contributed by atoms with Gasteiger partial charge in [-0.15, -0.1) is 0 Å². The van der Waals surface area contributed by atoms with E-state index in [4.69, 9.17) is 4.74 Å². The first-order valence-electron chi connectivity index (χ1n) is 7.50. The van der Waals surface area contributed by atoms with Crippen LogP contribution in [0.5, 0.6) is 0 Å². The summed E-state index contributed by atoms with van der Waals surface area (Å²) in [6.07, 6.45) is 11.0. The Labute approximate surface area is 112 Å². The fourth-order valence-electron chi connectivity index (χ4n) is 3.10. The lowest BCUT2D eigenvalue weighted by Crippen LogP contribution is -2.23. The third kappa shape index (κ3) is 3.18. The molecule has 0 saturated carbocycles. The Morgan fingerprint density at radius 1 is 1.28 bits per heavy atom.